The fraction of sp³-hybridized carbons (Fsp3) is 0.333. The highest BCUT2D eigenvalue weighted by Gasteiger charge is 2.32. The lowest BCUT2D eigenvalue weighted by atomic mass is 10.1. The standard InChI is InChI=1S/C24H28F3N5O5/c1-13(2)12-37-23(35)32-19(21(34)36-3)8-14-4-6-17(7-5-14)30-20(33)15-9-16(24(25,26)27)11-18(10-15)31-22(28)29/h4-7,9-11,13,19H,8,12H2,1-3H3,(H,30,33)(H,32,35)(H4,28,29,31)/t19-/m0/s1. The van der Waals surface area contributed by atoms with Crippen molar-refractivity contribution in [3.8, 4) is 0 Å². The molecule has 2 aromatic carbocycles. The number of nitrogens with zero attached hydrogens (tertiary/aromatic N) is 1. The van der Waals surface area contributed by atoms with Crippen LogP contribution in [0, 0.1) is 5.92 Å². The van der Waals surface area contributed by atoms with Crippen LogP contribution in [-0.4, -0.2) is 43.7 Å². The van der Waals surface area contributed by atoms with Gasteiger partial charge in [0, 0.05) is 17.7 Å². The van der Waals surface area contributed by atoms with E-state index in [1.807, 2.05) is 13.8 Å². The van der Waals surface area contributed by atoms with Crippen LogP contribution in [0.3, 0.4) is 0 Å². The van der Waals surface area contributed by atoms with Gasteiger partial charge >= 0.3 is 18.2 Å². The number of nitrogens with two attached hydrogens (primary N) is 2. The molecular weight excluding hydrogens is 495 g/mol. The second kappa shape index (κ2) is 12.6. The van der Waals surface area contributed by atoms with Crippen molar-refractivity contribution in [3.05, 3.63) is 59.2 Å². The average molecular weight is 524 g/mol. The van der Waals surface area contributed by atoms with Crippen molar-refractivity contribution in [1.29, 1.82) is 0 Å². The summed E-state index contributed by atoms with van der Waals surface area (Å²) in [7, 11) is 1.18. The molecule has 2 rings (SSSR count). The minimum absolute atomic E-state index is 0.0627. The first-order chi connectivity index (χ1) is 17.3. The zero-order chi connectivity index (χ0) is 27.8. The lowest BCUT2D eigenvalue weighted by Gasteiger charge is -2.17. The van der Waals surface area contributed by atoms with Gasteiger partial charge in [0.05, 0.1) is 25.0 Å². The van der Waals surface area contributed by atoms with Gasteiger partial charge in [0.1, 0.15) is 6.04 Å². The zero-order valence-electron chi connectivity index (χ0n) is 20.4. The van der Waals surface area contributed by atoms with Crippen molar-refractivity contribution in [2.45, 2.75) is 32.5 Å². The lowest BCUT2D eigenvalue weighted by Crippen LogP contribution is -2.43. The number of ether oxygens (including phenoxy) is 2. The van der Waals surface area contributed by atoms with Gasteiger partial charge in [-0.15, -0.1) is 0 Å². The molecule has 200 valence electrons. The number of methoxy groups -OCH3 is 1. The first-order valence-electron chi connectivity index (χ1n) is 11.0. The van der Waals surface area contributed by atoms with Gasteiger partial charge < -0.3 is 31.6 Å². The Morgan fingerprint density at radius 1 is 1.05 bits per heavy atom. The number of anilines is 1. The van der Waals surface area contributed by atoms with Crippen LogP contribution in [0.15, 0.2) is 47.5 Å². The van der Waals surface area contributed by atoms with Gasteiger partial charge in [-0.05, 0) is 41.8 Å². The molecule has 10 nitrogen and oxygen atoms in total. The number of esters is 1. The average Bonchev–Trinajstić information content (AvgIpc) is 2.81. The van der Waals surface area contributed by atoms with Gasteiger partial charge in [-0.2, -0.15) is 13.2 Å². The van der Waals surface area contributed by atoms with Crippen molar-refractivity contribution >= 4 is 35.3 Å². The number of aliphatic imine (C=N–C) groups is 1. The Kier molecular flexibility index (Phi) is 9.86. The predicted octanol–water partition coefficient (Wildman–Crippen LogP) is 3.33. The summed E-state index contributed by atoms with van der Waals surface area (Å²) in [4.78, 5) is 40.3. The molecule has 6 N–H and O–H groups in total. The van der Waals surface area contributed by atoms with Crippen LogP contribution in [0.5, 0.6) is 0 Å². The lowest BCUT2D eigenvalue weighted by molar-refractivity contribution is -0.143. The van der Waals surface area contributed by atoms with E-state index in [4.69, 9.17) is 20.9 Å². The number of carbonyl (C=O) groups excluding carboxylic acids is 3. The molecule has 0 aliphatic rings. The fourth-order valence-corrected chi connectivity index (χ4v) is 3.04. The molecule has 0 aliphatic heterocycles. The third-order valence-electron chi connectivity index (χ3n) is 4.74. The number of guanidine groups is 1. The van der Waals surface area contributed by atoms with Crippen LogP contribution in [-0.2, 0) is 26.9 Å². The minimum Gasteiger partial charge on any atom is -0.467 e. The normalized spacial score (nSPS) is 11.9. The maximum atomic E-state index is 13.3. The summed E-state index contributed by atoms with van der Waals surface area (Å²) in [5.41, 5.74) is 9.74. The summed E-state index contributed by atoms with van der Waals surface area (Å²) in [6.45, 7) is 3.90. The number of carbonyl (C=O) groups is 3. The van der Waals surface area contributed by atoms with Crippen LogP contribution in [0.4, 0.5) is 29.3 Å². The van der Waals surface area contributed by atoms with Gasteiger partial charge in [0.25, 0.3) is 5.91 Å². The van der Waals surface area contributed by atoms with Crippen LogP contribution < -0.4 is 22.1 Å². The molecule has 0 aliphatic carbocycles. The van der Waals surface area contributed by atoms with Crippen LogP contribution >= 0.6 is 0 Å². The Morgan fingerprint density at radius 3 is 2.24 bits per heavy atom. The number of alkyl carbamates (subject to hydrolysis) is 1. The molecule has 0 aromatic heterocycles. The molecule has 37 heavy (non-hydrogen) atoms. The fourth-order valence-electron chi connectivity index (χ4n) is 3.04. The number of hydrogen-bond acceptors (Lipinski definition) is 6. The van der Waals surface area contributed by atoms with E-state index in [2.05, 4.69) is 15.6 Å². The SMILES string of the molecule is COC(=O)[C@H](Cc1ccc(NC(=O)c2cc(N=C(N)N)cc(C(F)(F)F)c2)cc1)NC(=O)OCC(C)C. The summed E-state index contributed by atoms with van der Waals surface area (Å²) in [6, 6.07) is 7.61. The first kappa shape index (κ1) is 28.9. The molecule has 0 unspecified atom stereocenters. The van der Waals surface area contributed by atoms with Gasteiger partial charge in [-0.1, -0.05) is 26.0 Å². The highest BCUT2D eigenvalue weighted by Crippen LogP contribution is 2.33. The van der Waals surface area contributed by atoms with E-state index in [1.54, 1.807) is 12.1 Å². The molecule has 2 aromatic rings. The molecule has 0 bridgehead atoms. The van der Waals surface area contributed by atoms with E-state index in [-0.39, 0.29) is 35.9 Å². The van der Waals surface area contributed by atoms with Gasteiger partial charge in [-0.25, -0.2) is 14.6 Å². The molecule has 0 saturated heterocycles. The molecule has 13 heteroatoms. The number of halogens is 3. The van der Waals surface area contributed by atoms with Crippen molar-refractivity contribution < 1.29 is 37.0 Å². The second-order valence-corrected chi connectivity index (χ2v) is 8.37. The highest BCUT2D eigenvalue weighted by atomic mass is 19.4. The Balaban J connectivity index is 2.15. The van der Waals surface area contributed by atoms with Crippen molar-refractivity contribution in [2.75, 3.05) is 19.0 Å². The smallest absolute Gasteiger partial charge is 0.416 e. The molecular formula is C24H28F3N5O5. The van der Waals surface area contributed by atoms with Gasteiger partial charge in [0.15, 0.2) is 5.96 Å². The topological polar surface area (TPSA) is 158 Å². The summed E-state index contributed by atoms with van der Waals surface area (Å²) in [5, 5.41) is 4.94. The number of alkyl halides is 3. The molecule has 0 fully saturated rings. The largest absolute Gasteiger partial charge is 0.467 e. The zero-order valence-corrected chi connectivity index (χ0v) is 20.4. The number of rotatable bonds is 9. The summed E-state index contributed by atoms with van der Waals surface area (Å²) >= 11 is 0. The van der Waals surface area contributed by atoms with Crippen molar-refractivity contribution in [2.24, 2.45) is 22.4 Å². The Labute approximate surface area is 211 Å². The van der Waals surface area contributed by atoms with E-state index in [9.17, 15) is 27.6 Å². The number of hydrogen-bond donors (Lipinski definition) is 4. The summed E-state index contributed by atoms with van der Waals surface area (Å²) < 4.78 is 49.5. The number of benzene rings is 2. The maximum Gasteiger partial charge on any atom is 0.416 e. The molecule has 2 amide bonds. The van der Waals surface area contributed by atoms with Crippen molar-refractivity contribution in [1.82, 2.24) is 5.32 Å². The molecule has 0 saturated carbocycles. The van der Waals surface area contributed by atoms with E-state index >= 15 is 0 Å². The second-order valence-electron chi connectivity index (χ2n) is 8.37. The minimum atomic E-state index is -4.73. The molecule has 0 radical (unpaired) electrons. The molecule has 0 spiro atoms. The molecule has 0 heterocycles. The van der Waals surface area contributed by atoms with Crippen LogP contribution in [0.1, 0.15) is 35.3 Å². The van der Waals surface area contributed by atoms with E-state index < -0.39 is 41.7 Å². The number of amides is 2. The Morgan fingerprint density at radius 2 is 1.70 bits per heavy atom. The van der Waals surface area contributed by atoms with Crippen molar-refractivity contribution in [3.63, 3.8) is 0 Å². The predicted molar refractivity (Wildman–Crippen MR) is 130 cm³/mol. The first-order valence-corrected chi connectivity index (χ1v) is 11.0. The summed E-state index contributed by atoms with van der Waals surface area (Å²) in [5.74, 6) is -1.86. The molecule has 1 atom stereocenters. The van der Waals surface area contributed by atoms with Gasteiger partial charge in [0.2, 0.25) is 0 Å². The van der Waals surface area contributed by atoms with E-state index in [0.717, 1.165) is 12.1 Å². The van der Waals surface area contributed by atoms with E-state index in [1.165, 1.54) is 19.2 Å². The maximum absolute atomic E-state index is 13.3. The third kappa shape index (κ3) is 9.35. The van der Waals surface area contributed by atoms with E-state index in [0.29, 0.717) is 11.6 Å². The quantitative estimate of drug-likeness (QED) is 0.223. The Hall–Kier alpha value is -4.29. The van der Waals surface area contributed by atoms with Crippen LogP contribution in [0.25, 0.3) is 0 Å². The highest BCUT2D eigenvalue weighted by molar-refractivity contribution is 6.05. The van der Waals surface area contributed by atoms with Gasteiger partial charge in [-0.3, -0.25) is 4.79 Å². The summed E-state index contributed by atoms with van der Waals surface area (Å²) in [6.07, 6.45) is -5.43. The monoisotopic (exact) mass is 523 g/mol. The van der Waals surface area contributed by atoms with Crippen LogP contribution in [0.2, 0.25) is 0 Å². The third-order valence-corrected chi connectivity index (χ3v) is 4.74. The Bertz CT molecular complexity index is 1150. The number of nitrogens with one attached hydrogen (secondary N) is 2.